The first-order valence-electron chi connectivity index (χ1n) is 5.26. The molecule has 0 aromatic heterocycles. The second-order valence-corrected chi connectivity index (χ2v) is 4.20. The monoisotopic (exact) mass is 171 g/mol. The van der Waals surface area contributed by atoms with Gasteiger partial charge in [-0.25, -0.2) is 4.39 Å². The van der Waals surface area contributed by atoms with E-state index in [9.17, 15) is 4.39 Å². The molecule has 0 spiro atoms. The van der Waals surface area contributed by atoms with Gasteiger partial charge in [-0.15, -0.1) is 0 Å². The quantitative estimate of drug-likeness (QED) is 0.672. The maximum atomic E-state index is 13.2. The van der Waals surface area contributed by atoms with Crippen molar-refractivity contribution < 1.29 is 4.39 Å². The SMILES string of the molecule is F[C@@H]1CCC[C@H]1NC1CCCC1. The van der Waals surface area contributed by atoms with Crippen LogP contribution in [0.15, 0.2) is 0 Å². The van der Waals surface area contributed by atoms with Crippen LogP contribution in [-0.4, -0.2) is 18.3 Å². The summed E-state index contributed by atoms with van der Waals surface area (Å²) in [4.78, 5) is 0. The molecule has 2 aliphatic carbocycles. The fourth-order valence-electron chi connectivity index (χ4n) is 2.50. The summed E-state index contributed by atoms with van der Waals surface area (Å²) in [7, 11) is 0. The van der Waals surface area contributed by atoms with Crippen molar-refractivity contribution in [1.29, 1.82) is 0 Å². The number of alkyl halides is 1. The van der Waals surface area contributed by atoms with Gasteiger partial charge in [0.15, 0.2) is 0 Å². The Bertz CT molecular complexity index is 143. The largest absolute Gasteiger partial charge is 0.308 e. The summed E-state index contributed by atoms with van der Waals surface area (Å²) in [6.45, 7) is 0. The summed E-state index contributed by atoms with van der Waals surface area (Å²) in [5.74, 6) is 0. The fraction of sp³-hybridized carbons (Fsp3) is 1.00. The summed E-state index contributed by atoms with van der Waals surface area (Å²) in [6.07, 6.45) is 7.55. The number of halogens is 1. The highest BCUT2D eigenvalue weighted by Gasteiger charge is 2.29. The Morgan fingerprint density at radius 1 is 0.917 bits per heavy atom. The minimum atomic E-state index is -0.564. The van der Waals surface area contributed by atoms with Crippen LogP contribution in [0, 0.1) is 0 Å². The molecule has 2 heteroatoms. The molecule has 0 aliphatic heterocycles. The van der Waals surface area contributed by atoms with E-state index in [1.807, 2.05) is 0 Å². The van der Waals surface area contributed by atoms with Crippen molar-refractivity contribution in [2.45, 2.75) is 63.2 Å². The van der Waals surface area contributed by atoms with E-state index in [1.165, 1.54) is 25.7 Å². The zero-order chi connectivity index (χ0) is 8.39. The molecule has 2 aliphatic rings. The second-order valence-electron chi connectivity index (χ2n) is 4.20. The van der Waals surface area contributed by atoms with Gasteiger partial charge in [0.25, 0.3) is 0 Å². The number of nitrogens with one attached hydrogen (secondary N) is 1. The molecule has 2 atom stereocenters. The molecule has 0 unspecified atom stereocenters. The van der Waals surface area contributed by atoms with Crippen LogP contribution in [0.25, 0.3) is 0 Å². The predicted octanol–water partition coefficient (Wildman–Crippen LogP) is 2.41. The van der Waals surface area contributed by atoms with Gasteiger partial charge in [0.2, 0.25) is 0 Å². The first kappa shape index (κ1) is 8.49. The van der Waals surface area contributed by atoms with E-state index in [-0.39, 0.29) is 6.04 Å². The van der Waals surface area contributed by atoms with Crippen molar-refractivity contribution in [3.05, 3.63) is 0 Å². The van der Waals surface area contributed by atoms with Gasteiger partial charge in [-0.2, -0.15) is 0 Å². The highest BCUT2D eigenvalue weighted by Crippen LogP contribution is 2.25. The number of hydrogen-bond acceptors (Lipinski definition) is 1. The van der Waals surface area contributed by atoms with E-state index in [1.54, 1.807) is 0 Å². The van der Waals surface area contributed by atoms with Crippen LogP contribution in [0.5, 0.6) is 0 Å². The lowest BCUT2D eigenvalue weighted by atomic mass is 10.1. The van der Waals surface area contributed by atoms with E-state index < -0.39 is 6.17 Å². The summed E-state index contributed by atoms with van der Waals surface area (Å²) >= 11 is 0. The maximum Gasteiger partial charge on any atom is 0.115 e. The van der Waals surface area contributed by atoms with Crippen molar-refractivity contribution in [2.24, 2.45) is 0 Å². The van der Waals surface area contributed by atoms with Gasteiger partial charge in [0.05, 0.1) is 0 Å². The van der Waals surface area contributed by atoms with Crippen LogP contribution in [0.1, 0.15) is 44.9 Å². The number of hydrogen-bond donors (Lipinski definition) is 1. The summed E-state index contributed by atoms with van der Waals surface area (Å²) in [5.41, 5.74) is 0. The van der Waals surface area contributed by atoms with E-state index in [0.29, 0.717) is 6.04 Å². The molecule has 0 saturated heterocycles. The first-order chi connectivity index (χ1) is 5.86. The highest BCUT2D eigenvalue weighted by atomic mass is 19.1. The van der Waals surface area contributed by atoms with E-state index in [0.717, 1.165) is 19.3 Å². The maximum absolute atomic E-state index is 13.2. The third-order valence-corrected chi connectivity index (χ3v) is 3.24. The highest BCUT2D eigenvalue weighted by molar-refractivity contribution is 4.87. The molecule has 0 aromatic carbocycles. The molecule has 12 heavy (non-hydrogen) atoms. The summed E-state index contributed by atoms with van der Waals surface area (Å²) in [5, 5.41) is 3.45. The Morgan fingerprint density at radius 3 is 2.25 bits per heavy atom. The van der Waals surface area contributed by atoms with Crippen LogP contribution in [-0.2, 0) is 0 Å². The third-order valence-electron chi connectivity index (χ3n) is 3.24. The van der Waals surface area contributed by atoms with Crippen LogP contribution in [0.3, 0.4) is 0 Å². The molecule has 1 nitrogen and oxygen atoms in total. The predicted molar refractivity (Wildman–Crippen MR) is 47.9 cm³/mol. The average molecular weight is 171 g/mol. The molecule has 1 N–H and O–H groups in total. The molecule has 0 aromatic rings. The molecule has 2 fully saturated rings. The Hall–Kier alpha value is -0.110. The normalized spacial score (nSPS) is 37.8. The molecular weight excluding hydrogens is 153 g/mol. The smallest absolute Gasteiger partial charge is 0.115 e. The fourth-order valence-corrected chi connectivity index (χ4v) is 2.50. The Morgan fingerprint density at radius 2 is 1.67 bits per heavy atom. The minimum Gasteiger partial charge on any atom is -0.308 e. The third kappa shape index (κ3) is 1.79. The van der Waals surface area contributed by atoms with Crippen LogP contribution < -0.4 is 5.32 Å². The van der Waals surface area contributed by atoms with Crippen LogP contribution in [0.4, 0.5) is 4.39 Å². The van der Waals surface area contributed by atoms with Gasteiger partial charge >= 0.3 is 0 Å². The molecular formula is C10H18FN. The molecule has 0 heterocycles. The molecule has 0 bridgehead atoms. The summed E-state index contributed by atoms with van der Waals surface area (Å²) in [6, 6.07) is 0.819. The van der Waals surface area contributed by atoms with Crippen molar-refractivity contribution in [2.75, 3.05) is 0 Å². The molecule has 0 radical (unpaired) electrons. The average Bonchev–Trinajstić information content (AvgIpc) is 2.65. The van der Waals surface area contributed by atoms with Crippen molar-refractivity contribution in [3.63, 3.8) is 0 Å². The van der Waals surface area contributed by atoms with E-state index in [4.69, 9.17) is 0 Å². The van der Waals surface area contributed by atoms with Crippen molar-refractivity contribution in [1.82, 2.24) is 5.32 Å². The van der Waals surface area contributed by atoms with Gasteiger partial charge in [0.1, 0.15) is 6.17 Å². The van der Waals surface area contributed by atoms with E-state index in [2.05, 4.69) is 5.32 Å². The first-order valence-corrected chi connectivity index (χ1v) is 5.26. The summed E-state index contributed by atoms with van der Waals surface area (Å²) < 4.78 is 13.2. The molecule has 0 amide bonds. The Labute approximate surface area is 73.7 Å². The molecule has 70 valence electrons. The van der Waals surface area contributed by atoms with Gasteiger partial charge in [-0.1, -0.05) is 12.8 Å². The van der Waals surface area contributed by atoms with Crippen molar-refractivity contribution >= 4 is 0 Å². The van der Waals surface area contributed by atoms with Crippen molar-refractivity contribution in [3.8, 4) is 0 Å². The van der Waals surface area contributed by atoms with Crippen LogP contribution in [0.2, 0.25) is 0 Å². The van der Waals surface area contributed by atoms with Gasteiger partial charge in [0, 0.05) is 12.1 Å². The lowest BCUT2D eigenvalue weighted by Crippen LogP contribution is -2.39. The lowest BCUT2D eigenvalue weighted by Gasteiger charge is -2.19. The minimum absolute atomic E-state index is 0.188. The molecule has 2 rings (SSSR count). The zero-order valence-electron chi connectivity index (χ0n) is 7.56. The Kier molecular flexibility index (Phi) is 2.64. The van der Waals surface area contributed by atoms with Gasteiger partial charge in [-0.05, 0) is 32.1 Å². The van der Waals surface area contributed by atoms with Crippen LogP contribution >= 0.6 is 0 Å². The standard InChI is InChI=1S/C10H18FN/c11-9-6-3-7-10(9)12-8-4-1-2-5-8/h8-10,12H,1-7H2/t9-,10-/m1/s1. The Balaban J connectivity index is 1.77. The van der Waals surface area contributed by atoms with Gasteiger partial charge in [-0.3, -0.25) is 0 Å². The lowest BCUT2D eigenvalue weighted by molar-refractivity contribution is 0.263. The van der Waals surface area contributed by atoms with E-state index >= 15 is 0 Å². The zero-order valence-corrected chi connectivity index (χ0v) is 7.56. The van der Waals surface area contributed by atoms with Gasteiger partial charge < -0.3 is 5.32 Å². The topological polar surface area (TPSA) is 12.0 Å². The second kappa shape index (κ2) is 3.73. The number of rotatable bonds is 2. The molecule has 2 saturated carbocycles.